The summed E-state index contributed by atoms with van der Waals surface area (Å²) in [4.78, 5) is 2.41. The molecule has 0 saturated carbocycles. The summed E-state index contributed by atoms with van der Waals surface area (Å²) in [6, 6.07) is 5.91. The summed E-state index contributed by atoms with van der Waals surface area (Å²) < 4.78 is 1.38. The zero-order valence-corrected chi connectivity index (χ0v) is 13.8. The summed E-state index contributed by atoms with van der Waals surface area (Å²) in [6.45, 7) is 6.76. The van der Waals surface area contributed by atoms with Gasteiger partial charge in [0.1, 0.15) is 5.84 Å². The van der Waals surface area contributed by atoms with Crippen molar-refractivity contribution in [3.8, 4) is 0 Å². The minimum Gasteiger partial charge on any atom is -0.384 e. The van der Waals surface area contributed by atoms with Crippen LogP contribution in [0.1, 0.15) is 25.8 Å². The standard InChI is InChI=1S/C14H20BrN3S/c1-14(2)5-6-18(7-8-19-14)12-4-3-10(13(16)17)9-11(12)15/h3-4,9H,5-8H2,1-2H3,(H3,16,17). The first-order valence-electron chi connectivity index (χ1n) is 6.42. The fourth-order valence-electron chi connectivity index (χ4n) is 2.19. The first-order chi connectivity index (χ1) is 8.89. The van der Waals surface area contributed by atoms with Gasteiger partial charge in [0.05, 0.1) is 5.69 Å². The minimum atomic E-state index is 0.111. The number of amidine groups is 1. The van der Waals surface area contributed by atoms with Crippen molar-refractivity contribution in [1.29, 1.82) is 5.41 Å². The number of nitrogens with two attached hydrogens (primary N) is 1. The summed E-state index contributed by atoms with van der Waals surface area (Å²) in [5.41, 5.74) is 7.48. The van der Waals surface area contributed by atoms with Gasteiger partial charge < -0.3 is 10.6 Å². The van der Waals surface area contributed by atoms with Gasteiger partial charge in [0.25, 0.3) is 0 Å². The van der Waals surface area contributed by atoms with Gasteiger partial charge in [-0.15, -0.1) is 0 Å². The number of thioether (sulfide) groups is 1. The van der Waals surface area contributed by atoms with Crippen LogP contribution in [-0.2, 0) is 0 Å². The van der Waals surface area contributed by atoms with Crippen LogP contribution in [0.3, 0.4) is 0 Å². The molecule has 0 aliphatic carbocycles. The van der Waals surface area contributed by atoms with Crippen LogP contribution in [0.15, 0.2) is 22.7 Å². The van der Waals surface area contributed by atoms with Crippen LogP contribution in [0, 0.1) is 5.41 Å². The zero-order valence-electron chi connectivity index (χ0n) is 11.4. The number of nitrogens with zero attached hydrogens (tertiary/aromatic N) is 1. The lowest BCUT2D eigenvalue weighted by Gasteiger charge is -2.25. The van der Waals surface area contributed by atoms with Crippen LogP contribution in [0.25, 0.3) is 0 Å². The maximum atomic E-state index is 7.47. The lowest BCUT2D eigenvalue weighted by atomic mass is 10.1. The molecule has 1 saturated heterocycles. The lowest BCUT2D eigenvalue weighted by molar-refractivity contribution is 0.637. The van der Waals surface area contributed by atoms with Crippen molar-refractivity contribution in [2.24, 2.45) is 5.73 Å². The van der Waals surface area contributed by atoms with Crippen molar-refractivity contribution in [1.82, 2.24) is 0 Å². The molecule has 104 valence electrons. The third-order valence-corrected chi connectivity index (χ3v) is 5.44. The Kier molecular flexibility index (Phi) is 4.46. The largest absolute Gasteiger partial charge is 0.384 e. The molecule has 0 radical (unpaired) electrons. The minimum absolute atomic E-state index is 0.111. The molecule has 0 spiro atoms. The van der Waals surface area contributed by atoms with Crippen LogP contribution in [-0.4, -0.2) is 29.4 Å². The molecule has 5 heteroatoms. The molecule has 19 heavy (non-hydrogen) atoms. The molecular weight excluding hydrogens is 322 g/mol. The molecule has 1 aliphatic rings. The highest BCUT2D eigenvalue weighted by molar-refractivity contribution is 9.10. The number of nitrogens with one attached hydrogen (secondary N) is 1. The van der Waals surface area contributed by atoms with Gasteiger partial charge in [-0.2, -0.15) is 11.8 Å². The molecule has 2 rings (SSSR count). The number of anilines is 1. The highest BCUT2D eigenvalue weighted by Gasteiger charge is 2.24. The third-order valence-electron chi connectivity index (χ3n) is 3.44. The second-order valence-corrected chi connectivity index (χ2v) is 8.08. The Labute approximate surface area is 127 Å². The van der Waals surface area contributed by atoms with E-state index in [4.69, 9.17) is 11.1 Å². The quantitative estimate of drug-likeness (QED) is 0.639. The number of halogens is 1. The van der Waals surface area contributed by atoms with Crippen LogP contribution in [0.4, 0.5) is 5.69 Å². The van der Waals surface area contributed by atoms with Crippen LogP contribution < -0.4 is 10.6 Å². The topological polar surface area (TPSA) is 53.1 Å². The molecule has 1 fully saturated rings. The Balaban J connectivity index is 2.20. The fourth-order valence-corrected chi connectivity index (χ4v) is 3.92. The van der Waals surface area contributed by atoms with Crippen LogP contribution >= 0.6 is 27.7 Å². The number of hydrogen-bond acceptors (Lipinski definition) is 3. The van der Waals surface area contributed by atoms with E-state index < -0.39 is 0 Å². The number of nitrogen functional groups attached to an aromatic ring is 1. The van der Waals surface area contributed by atoms with E-state index in [0.717, 1.165) is 28.9 Å². The van der Waals surface area contributed by atoms with Crippen LogP contribution in [0.5, 0.6) is 0 Å². The monoisotopic (exact) mass is 341 g/mol. The summed E-state index contributed by atoms with van der Waals surface area (Å²) in [5, 5.41) is 7.47. The predicted octanol–water partition coefficient (Wildman–Crippen LogP) is 3.46. The molecule has 0 aromatic heterocycles. The first kappa shape index (κ1) is 14.7. The smallest absolute Gasteiger partial charge is 0.122 e. The van der Waals surface area contributed by atoms with Gasteiger partial charge in [-0.3, -0.25) is 5.41 Å². The van der Waals surface area contributed by atoms with Crippen molar-refractivity contribution < 1.29 is 0 Å². The number of rotatable bonds is 2. The van der Waals surface area contributed by atoms with Gasteiger partial charge in [-0.25, -0.2) is 0 Å². The molecule has 1 aromatic rings. The van der Waals surface area contributed by atoms with E-state index in [-0.39, 0.29) is 5.84 Å². The average molecular weight is 342 g/mol. The van der Waals surface area contributed by atoms with Gasteiger partial charge in [0.15, 0.2) is 0 Å². The fraction of sp³-hybridized carbons (Fsp3) is 0.500. The van der Waals surface area contributed by atoms with Crippen molar-refractivity contribution in [3.63, 3.8) is 0 Å². The van der Waals surface area contributed by atoms with Crippen molar-refractivity contribution in [2.75, 3.05) is 23.7 Å². The molecule has 3 nitrogen and oxygen atoms in total. The van der Waals surface area contributed by atoms with Gasteiger partial charge >= 0.3 is 0 Å². The molecule has 3 N–H and O–H groups in total. The van der Waals surface area contributed by atoms with E-state index in [1.165, 1.54) is 12.1 Å². The molecule has 0 amide bonds. The van der Waals surface area contributed by atoms with E-state index in [9.17, 15) is 0 Å². The Morgan fingerprint density at radius 2 is 2.16 bits per heavy atom. The lowest BCUT2D eigenvalue weighted by Crippen LogP contribution is -2.27. The van der Waals surface area contributed by atoms with Gasteiger partial charge in [0.2, 0.25) is 0 Å². The van der Waals surface area contributed by atoms with E-state index >= 15 is 0 Å². The van der Waals surface area contributed by atoms with Crippen LogP contribution in [0.2, 0.25) is 0 Å². The van der Waals surface area contributed by atoms with Gasteiger partial charge in [-0.05, 0) is 40.5 Å². The van der Waals surface area contributed by atoms with Crippen molar-refractivity contribution >= 4 is 39.2 Å². The van der Waals surface area contributed by atoms with Gasteiger partial charge in [-0.1, -0.05) is 13.8 Å². The average Bonchev–Trinajstić information content (AvgIpc) is 2.50. The molecular formula is C14H20BrN3S. The zero-order chi connectivity index (χ0) is 14.0. The third kappa shape index (κ3) is 3.66. The molecule has 1 heterocycles. The molecule has 1 aliphatic heterocycles. The van der Waals surface area contributed by atoms with Crippen molar-refractivity contribution in [2.45, 2.75) is 25.0 Å². The first-order valence-corrected chi connectivity index (χ1v) is 8.20. The second kappa shape index (κ2) is 5.75. The second-order valence-electron chi connectivity index (χ2n) is 5.43. The summed E-state index contributed by atoms with van der Waals surface area (Å²) >= 11 is 5.65. The van der Waals surface area contributed by atoms with Crippen molar-refractivity contribution in [3.05, 3.63) is 28.2 Å². The normalized spacial score (nSPS) is 19.0. The highest BCUT2D eigenvalue weighted by Crippen LogP contribution is 2.34. The molecule has 0 bridgehead atoms. The Morgan fingerprint density at radius 3 is 2.79 bits per heavy atom. The van der Waals surface area contributed by atoms with E-state index in [1.807, 2.05) is 23.9 Å². The maximum Gasteiger partial charge on any atom is 0.122 e. The molecule has 0 atom stereocenters. The maximum absolute atomic E-state index is 7.47. The predicted molar refractivity (Wildman–Crippen MR) is 88.5 cm³/mol. The SMILES string of the molecule is CC1(C)CCN(c2ccc(C(=N)N)cc2Br)CCS1. The highest BCUT2D eigenvalue weighted by atomic mass is 79.9. The summed E-state index contributed by atoms with van der Waals surface area (Å²) in [5.74, 6) is 1.26. The van der Waals surface area contributed by atoms with E-state index in [1.54, 1.807) is 0 Å². The Morgan fingerprint density at radius 1 is 1.42 bits per heavy atom. The summed E-state index contributed by atoms with van der Waals surface area (Å²) in [6.07, 6.45) is 1.18. The van der Waals surface area contributed by atoms with Gasteiger partial charge in [0, 0.05) is 33.6 Å². The molecule has 1 aromatic carbocycles. The van der Waals surface area contributed by atoms with E-state index in [0.29, 0.717) is 4.75 Å². The Bertz CT molecular complexity index is 488. The van der Waals surface area contributed by atoms with E-state index in [2.05, 4.69) is 40.7 Å². The summed E-state index contributed by atoms with van der Waals surface area (Å²) in [7, 11) is 0. The Hall–Kier alpha value is -0.680. The number of hydrogen-bond donors (Lipinski definition) is 2. The number of benzene rings is 1. The molecule has 0 unspecified atom stereocenters.